The van der Waals surface area contributed by atoms with E-state index >= 15 is 0 Å². The highest BCUT2D eigenvalue weighted by Crippen LogP contribution is 2.26. The maximum atomic E-state index is 11.9. The van der Waals surface area contributed by atoms with E-state index in [0.717, 1.165) is 38.7 Å². The summed E-state index contributed by atoms with van der Waals surface area (Å²) in [7, 11) is 0. The minimum absolute atomic E-state index is 0.0171. The van der Waals surface area contributed by atoms with Crippen LogP contribution in [0.2, 0.25) is 0 Å². The summed E-state index contributed by atoms with van der Waals surface area (Å²) >= 11 is 0. The van der Waals surface area contributed by atoms with Crippen molar-refractivity contribution in [3.05, 3.63) is 0 Å². The van der Waals surface area contributed by atoms with Crippen LogP contribution >= 0.6 is 0 Å². The molecule has 5 nitrogen and oxygen atoms in total. The number of hydrogen-bond donors (Lipinski definition) is 2. The molecule has 0 radical (unpaired) electrons. The Bertz CT molecular complexity index is 312. The second-order valence-electron chi connectivity index (χ2n) is 5.24. The molecule has 5 heteroatoms. The lowest BCUT2D eigenvalue weighted by Gasteiger charge is -2.23. The molecule has 3 atom stereocenters. The fraction of sp³-hybridized carbons (Fsp3) is 0.846. The molecule has 1 saturated heterocycles. The lowest BCUT2D eigenvalue weighted by Crippen LogP contribution is -2.41. The maximum Gasteiger partial charge on any atom is 0.308 e. The van der Waals surface area contributed by atoms with Crippen LogP contribution in [-0.2, 0) is 14.3 Å². The fourth-order valence-electron chi connectivity index (χ4n) is 2.87. The third kappa shape index (κ3) is 3.45. The van der Waals surface area contributed by atoms with E-state index in [1.54, 1.807) is 0 Å². The van der Waals surface area contributed by atoms with Gasteiger partial charge in [0.25, 0.3) is 0 Å². The van der Waals surface area contributed by atoms with Crippen LogP contribution in [0.5, 0.6) is 0 Å². The van der Waals surface area contributed by atoms with Gasteiger partial charge in [-0.3, -0.25) is 9.59 Å². The number of ether oxygens (including phenoxy) is 1. The second-order valence-corrected chi connectivity index (χ2v) is 5.24. The minimum Gasteiger partial charge on any atom is -0.481 e. The summed E-state index contributed by atoms with van der Waals surface area (Å²) in [5.74, 6) is -1.28. The molecule has 1 saturated carbocycles. The molecule has 18 heavy (non-hydrogen) atoms. The van der Waals surface area contributed by atoms with E-state index in [1.807, 2.05) is 0 Å². The lowest BCUT2D eigenvalue weighted by molar-refractivity contribution is -0.142. The first kappa shape index (κ1) is 13.3. The third-order valence-corrected chi connectivity index (χ3v) is 3.87. The number of amides is 1. The predicted octanol–water partition coefficient (Wildman–Crippen LogP) is 1.32. The molecule has 2 N–H and O–H groups in total. The van der Waals surface area contributed by atoms with Crippen molar-refractivity contribution < 1.29 is 19.4 Å². The van der Waals surface area contributed by atoms with Gasteiger partial charge in [0.05, 0.1) is 18.4 Å². The summed E-state index contributed by atoms with van der Waals surface area (Å²) in [4.78, 5) is 22.9. The largest absolute Gasteiger partial charge is 0.481 e. The van der Waals surface area contributed by atoms with Gasteiger partial charge in [0.1, 0.15) is 0 Å². The lowest BCUT2D eigenvalue weighted by atomic mass is 10.0. The van der Waals surface area contributed by atoms with Crippen molar-refractivity contribution in [1.82, 2.24) is 5.32 Å². The molecular weight excluding hydrogens is 234 g/mol. The molecule has 2 fully saturated rings. The van der Waals surface area contributed by atoms with Crippen LogP contribution in [0.4, 0.5) is 0 Å². The highest BCUT2D eigenvalue weighted by molar-refractivity contribution is 5.78. The number of hydrogen-bond acceptors (Lipinski definition) is 3. The van der Waals surface area contributed by atoms with E-state index in [1.165, 1.54) is 0 Å². The Kier molecular flexibility index (Phi) is 4.58. The van der Waals surface area contributed by atoms with E-state index in [4.69, 9.17) is 9.84 Å². The Morgan fingerprint density at radius 2 is 2.00 bits per heavy atom. The monoisotopic (exact) mass is 255 g/mol. The number of carbonyl (C=O) groups excluding carboxylic acids is 1. The predicted molar refractivity (Wildman–Crippen MR) is 65.1 cm³/mol. The summed E-state index contributed by atoms with van der Waals surface area (Å²) in [5.41, 5.74) is 0. The molecule has 102 valence electrons. The van der Waals surface area contributed by atoms with Gasteiger partial charge in [0, 0.05) is 12.6 Å². The van der Waals surface area contributed by atoms with Crippen molar-refractivity contribution in [1.29, 1.82) is 0 Å². The Morgan fingerprint density at radius 1 is 1.17 bits per heavy atom. The van der Waals surface area contributed by atoms with E-state index < -0.39 is 11.9 Å². The summed E-state index contributed by atoms with van der Waals surface area (Å²) in [6.45, 7) is 0.735. The zero-order valence-electron chi connectivity index (χ0n) is 10.6. The minimum atomic E-state index is -0.799. The van der Waals surface area contributed by atoms with Crippen LogP contribution in [0, 0.1) is 5.92 Å². The molecule has 2 rings (SSSR count). The first-order valence-electron chi connectivity index (χ1n) is 6.80. The third-order valence-electron chi connectivity index (χ3n) is 3.87. The molecule has 1 aliphatic heterocycles. The van der Waals surface area contributed by atoms with Gasteiger partial charge in [-0.2, -0.15) is 0 Å². The number of carboxylic acids is 1. The van der Waals surface area contributed by atoms with Crippen molar-refractivity contribution >= 4 is 11.9 Å². The first-order chi connectivity index (χ1) is 8.66. The molecule has 0 spiro atoms. The van der Waals surface area contributed by atoms with Gasteiger partial charge in [-0.05, 0) is 32.1 Å². The highest BCUT2D eigenvalue weighted by Gasteiger charge is 2.34. The van der Waals surface area contributed by atoms with Crippen molar-refractivity contribution in [3.63, 3.8) is 0 Å². The fourth-order valence-corrected chi connectivity index (χ4v) is 2.87. The Balaban J connectivity index is 1.77. The summed E-state index contributed by atoms with van der Waals surface area (Å²) in [6.07, 6.45) is 5.81. The van der Waals surface area contributed by atoms with E-state index in [0.29, 0.717) is 12.8 Å². The van der Waals surface area contributed by atoms with Gasteiger partial charge in [-0.1, -0.05) is 6.42 Å². The second kappa shape index (κ2) is 6.18. The topological polar surface area (TPSA) is 75.6 Å². The molecule has 1 heterocycles. The summed E-state index contributed by atoms with van der Waals surface area (Å²) < 4.78 is 5.51. The van der Waals surface area contributed by atoms with Gasteiger partial charge in [-0.25, -0.2) is 0 Å². The molecule has 0 aromatic rings. The molecular formula is C13H21NO4. The molecule has 0 unspecified atom stereocenters. The Morgan fingerprint density at radius 3 is 2.67 bits per heavy atom. The number of carboxylic acid groups (broad SMARTS) is 1. The van der Waals surface area contributed by atoms with Crippen molar-refractivity contribution in [2.45, 2.75) is 57.1 Å². The van der Waals surface area contributed by atoms with Gasteiger partial charge < -0.3 is 15.2 Å². The SMILES string of the molecule is O=C(C[C@@H]1CCCCO1)N[C@H]1CCC[C@H]1C(=O)O. The number of rotatable bonds is 4. The molecule has 2 aliphatic rings. The van der Waals surface area contributed by atoms with Crippen molar-refractivity contribution in [2.75, 3.05) is 6.61 Å². The summed E-state index contributed by atoms with van der Waals surface area (Å²) in [6, 6.07) is -0.196. The standard InChI is InChI=1S/C13H21NO4/c15-12(8-9-4-1-2-7-18-9)14-11-6-3-5-10(11)13(16)17/h9-11H,1-8H2,(H,14,15)(H,16,17)/t9-,10+,11-/m0/s1. The van der Waals surface area contributed by atoms with Gasteiger partial charge in [-0.15, -0.1) is 0 Å². The Hall–Kier alpha value is -1.10. The molecule has 1 amide bonds. The van der Waals surface area contributed by atoms with Crippen LogP contribution in [0.1, 0.15) is 44.9 Å². The van der Waals surface area contributed by atoms with Crippen molar-refractivity contribution in [2.24, 2.45) is 5.92 Å². The quantitative estimate of drug-likeness (QED) is 0.794. The van der Waals surface area contributed by atoms with E-state index in [2.05, 4.69) is 5.32 Å². The zero-order chi connectivity index (χ0) is 13.0. The number of carbonyl (C=O) groups is 2. The van der Waals surface area contributed by atoms with Crippen molar-refractivity contribution in [3.8, 4) is 0 Å². The maximum absolute atomic E-state index is 11.9. The number of nitrogens with one attached hydrogen (secondary N) is 1. The van der Waals surface area contributed by atoms with Gasteiger partial charge >= 0.3 is 5.97 Å². The van der Waals surface area contributed by atoms with E-state index in [9.17, 15) is 9.59 Å². The van der Waals surface area contributed by atoms with E-state index in [-0.39, 0.29) is 18.1 Å². The summed E-state index contributed by atoms with van der Waals surface area (Å²) in [5, 5.41) is 11.9. The average molecular weight is 255 g/mol. The normalized spacial score (nSPS) is 32.1. The van der Waals surface area contributed by atoms with Crippen LogP contribution in [0.3, 0.4) is 0 Å². The van der Waals surface area contributed by atoms with Gasteiger partial charge in [0.2, 0.25) is 5.91 Å². The van der Waals surface area contributed by atoms with Crippen LogP contribution in [-0.4, -0.2) is 35.7 Å². The highest BCUT2D eigenvalue weighted by atomic mass is 16.5. The zero-order valence-corrected chi connectivity index (χ0v) is 10.6. The van der Waals surface area contributed by atoms with Gasteiger partial charge in [0.15, 0.2) is 0 Å². The smallest absolute Gasteiger partial charge is 0.308 e. The van der Waals surface area contributed by atoms with Crippen LogP contribution in [0.25, 0.3) is 0 Å². The average Bonchev–Trinajstić information content (AvgIpc) is 2.78. The first-order valence-corrected chi connectivity index (χ1v) is 6.80. The molecule has 0 aromatic carbocycles. The van der Waals surface area contributed by atoms with Crippen LogP contribution in [0.15, 0.2) is 0 Å². The van der Waals surface area contributed by atoms with Crippen LogP contribution < -0.4 is 5.32 Å². The molecule has 1 aliphatic carbocycles. The Labute approximate surface area is 107 Å². The molecule has 0 aromatic heterocycles. The number of aliphatic carboxylic acids is 1. The molecule has 0 bridgehead atoms.